The molecule has 0 saturated heterocycles. The van der Waals surface area contributed by atoms with Crippen LogP contribution in [0.25, 0.3) is 0 Å². The summed E-state index contributed by atoms with van der Waals surface area (Å²) in [5, 5.41) is 24.1. The van der Waals surface area contributed by atoms with E-state index in [-0.39, 0.29) is 0 Å². The highest BCUT2D eigenvalue weighted by Gasteiger charge is 2.20. The molecular formula is C2H7O6P. The summed E-state index contributed by atoms with van der Waals surface area (Å²) in [7, 11) is -2.64. The Balaban J connectivity index is 3.28. The van der Waals surface area contributed by atoms with E-state index in [1.165, 1.54) is 0 Å². The fraction of sp³-hybridized carbons (Fsp3) is 1.00. The zero-order chi connectivity index (χ0) is 7.49. The van der Waals surface area contributed by atoms with E-state index < -0.39 is 21.2 Å². The van der Waals surface area contributed by atoms with Gasteiger partial charge in [0.1, 0.15) is 6.61 Å². The van der Waals surface area contributed by atoms with Crippen LogP contribution < -0.4 is 0 Å². The molecule has 0 fully saturated rings. The molecule has 0 heterocycles. The summed E-state index contributed by atoms with van der Waals surface area (Å²) < 4.78 is 3.83. The van der Waals surface area contributed by atoms with Crippen LogP contribution in [0.3, 0.4) is 0 Å². The summed E-state index contributed by atoms with van der Waals surface area (Å²) in [4.78, 5) is 16.0. The Morgan fingerprint density at radius 1 is 1.22 bits per heavy atom. The van der Waals surface area contributed by atoms with Crippen molar-refractivity contribution >= 4 is 8.60 Å². The third kappa shape index (κ3) is 8.19. The van der Waals surface area contributed by atoms with Gasteiger partial charge in [-0.1, -0.05) is 0 Å². The largest absolute Gasteiger partial charge is 0.342 e. The third-order valence-electron chi connectivity index (χ3n) is 0.374. The first-order valence-electron chi connectivity index (χ1n) is 1.90. The van der Waals surface area contributed by atoms with Gasteiger partial charge in [0.2, 0.25) is 0 Å². The summed E-state index contributed by atoms with van der Waals surface area (Å²) in [6, 6.07) is 0. The molecule has 0 saturated carbocycles. The lowest BCUT2D eigenvalue weighted by molar-refractivity contribution is -0.323. The van der Waals surface area contributed by atoms with E-state index in [4.69, 9.17) is 25.1 Å². The van der Waals surface area contributed by atoms with Crippen molar-refractivity contribution in [3.05, 3.63) is 0 Å². The van der Waals surface area contributed by atoms with Crippen LogP contribution in [-0.4, -0.2) is 37.7 Å². The van der Waals surface area contributed by atoms with Crippen molar-refractivity contribution < 1.29 is 29.6 Å². The molecule has 56 valence electrons. The Bertz CT molecular complexity index is 75.6. The lowest BCUT2D eigenvalue weighted by Gasteiger charge is -2.13. The Morgan fingerprint density at radius 2 is 1.67 bits per heavy atom. The minimum Gasteiger partial charge on any atom is -0.342 e. The average molecular weight is 158 g/mol. The maximum Gasteiger partial charge on any atom is 0.327 e. The fourth-order valence-electron chi connectivity index (χ4n) is 0.144. The zero-order valence-electron chi connectivity index (χ0n) is 4.30. The summed E-state index contributed by atoms with van der Waals surface area (Å²) >= 11 is 0. The van der Waals surface area contributed by atoms with Gasteiger partial charge >= 0.3 is 14.6 Å². The molecule has 0 aliphatic rings. The topological polar surface area (TPSA) is 110 Å². The number of rotatable bonds is 3. The first-order valence-corrected chi connectivity index (χ1v) is 3.06. The molecule has 9 heavy (non-hydrogen) atoms. The molecule has 0 radical (unpaired) electrons. The van der Waals surface area contributed by atoms with E-state index >= 15 is 0 Å². The van der Waals surface area contributed by atoms with Crippen molar-refractivity contribution in [1.82, 2.24) is 0 Å². The molecule has 0 aromatic rings. The monoisotopic (exact) mass is 158 g/mol. The van der Waals surface area contributed by atoms with Gasteiger partial charge in [-0.15, -0.1) is 0 Å². The van der Waals surface area contributed by atoms with Crippen LogP contribution in [-0.2, 0) is 4.52 Å². The van der Waals surface area contributed by atoms with Crippen molar-refractivity contribution in [2.45, 2.75) is 5.97 Å². The Hall–Kier alpha value is 0.190. The molecule has 0 aromatic heterocycles. The van der Waals surface area contributed by atoms with E-state index in [2.05, 4.69) is 4.52 Å². The molecule has 0 atom stereocenters. The zero-order valence-corrected chi connectivity index (χ0v) is 5.19. The Morgan fingerprint density at radius 3 is 1.78 bits per heavy atom. The first kappa shape index (κ1) is 9.19. The van der Waals surface area contributed by atoms with Gasteiger partial charge in [-0.3, -0.25) is 0 Å². The molecule has 7 heteroatoms. The Kier molecular flexibility index (Phi) is 3.45. The quantitative estimate of drug-likeness (QED) is 0.236. The molecular weight excluding hydrogens is 151 g/mol. The minimum atomic E-state index is -2.99. The molecule has 0 amide bonds. The molecule has 0 unspecified atom stereocenters. The first-order chi connectivity index (χ1) is 3.92. The summed E-state index contributed by atoms with van der Waals surface area (Å²) in [6.07, 6.45) is 0. The maximum atomic E-state index is 8.04. The van der Waals surface area contributed by atoms with Gasteiger partial charge in [0.15, 0.2) is 0 Å². The number of aliphatic hydroxyl groups is 3. The van der Waals surface area contributed by atoms with Gasteiger partial charge in [0.25, 0.3) is 0 Å². The van der Waals surface area contributed by atoms with Gasteiger partial charge in [0, 0.05) is 0 Å². The smallest absolute Gasteiger partial charge is 0.327 e. The predicted molar refractivity (Wildman–Crippen MR) is 26.7 cm³/mol. The van der Waals surface area contributed by atoms with Gasteiger partial charge in [-0.25, -0.2) is 0 Å². The van der Waals surface area contributed by atoms with Crippen molar-refractivity contribution in [3.8, 4) is 0 Å². The molecule has 0 aliphatic carbocycles. The minimum absolute atomic E-state index is 0.953. The molecule has 0 bridgehead atoms. The van der Waals surface area contributed by atoms with Crippen LogP contribution in [0.2, 0.25) is 0 Å². The van der Waals surface area contributed by atoms with Gasteiger partial charge in [-0.05, 0) is 0 Å². The van der Waals surface area contributed by atoms with Gasteiger partial charge < -0.3 is 29.6 Å². The van der Waals surface area contributed by atoms with Crippen LogP contribution >= 0.6 is 8.60 Å². The second-order valence-corrected chi connectivity index (χ2v) is 2.06. The standard InChI is InChI=1S/C2H7O6P/c3-2(4,5)1-8-9(6)7/h3-7H,1H2. The molecule has 5 N–H and O–H groups in total. The molecule has 0 spiro atoms. The van der Waals surface area contributed by atoms with Crippen molar-refractivity contribution in [3.63, 3.8) is 0 Å². The number of hydrogen-bond acceptors (Lipinski definition) is 6. The van der Waals surface area contributed by atoms with Crippen LogP contribution in [0, 0.1) is 0 Å². The summed E-state index contributed by atoms with van der Waals surface area (Å²) in [5.74, 6) is -2.99. The summed E-state index contributed by atoms with van der Waals surface area (Å²) in [5.41, 5.74) is 0. The van der Waals surface area contributed by atoms with Gasteiger partial charge in [0.05, 0.1) is 0 Å². The fourth-order valence-corrected chi connectivity index (χ4v) is 0.433. The third-order valence-corrected chi connectivity index (χ3v) is 0.734. The van der Waals surface area contributed by atoms with Gasteiger partial charge in [-0.2, -0.15) is 0 Å². The second kappa shape index (κ2) is 3.38. The van der Waals surface area contributed by atoms with E-state index in [0.29, 0.717) is 0 Å². The van der Waals surface area contributed by atoms with E-state index in [9.17, 15) is 0 Å². The van der Waals surface area contributed by atoms with E-state index in [1.807, 2.05) is 0 Å². The lowest BCUT2D eigenvalue weighted by Crippen LogP contribution is -2.32. The van der Waals surface area contributed by atoms with Crippen LogP contribution in [0.15, 0.2) is 0 Å². The highest BCUT2D eigenvalue weighted by Crippen LogP contribution is 2.24. The average Bonchev–Trinajstić information content (AvgIpc) is 1.59. The Labute approximate surface area is 51.9 Å². The highest BCUT2D eigenvalue weighted by molar-refractivity contribution is 7.39. The van der Waals surface area contributed by atoms with E-state index in [0.717, 1.165) is 0 Å². The lowest BCUT2D eigenvalue weighted by atomic mass is 10.6. The number of hydrogen-bond donors (Lipinski definition) is 5. The maximum absolute atomic E-state index is 8.04. The van der Waals surface area contributed by atoms with E-state index in [1.54, 1.807) is 0 Å². The van der Waals surface area contributed by atoms with Crippen LogP contribution in [0.5, 0.6) is 0 Å². The SMILES string of the molecule is OP(O)OCC(O)(O)O. The molecule has 0 aromatic carbocycles. The molecule has 0 aliphatic heterocycles. The normalized spacial score (nSPS) is 12.7. The summed E-state index contributed by atoms with van der Waals surface area (Å²) in [6.45, 7) is -0.953. The molecule has 6 nitrogen and oxygen atoms in total. The predicted octanol–water partition coefficient (Wildman–Crippen LogP) is -2.15. The van der Waals surface area contributed by atoms with Crippen molar-refractivity contribution in [1.29, 1.82) is 0 Å². The van der Waals surface area contributed by atoms with Crippen LogP contribution in [0.1, 0.15) is 0 Å². The molecule has 0 rings (SSSR count). The van der Waals surface area contributed by atoms with Crippen molar-refractivity contribution in [2.75, 3.05) is 6.61 Å². The van der Waals surface area contributed by atoms with Crippen molar-refractivity contribution in [2.24, 2.45) is 0 Å². The second-order valence-electron chi connectivity index (χ2n) is 1.30. The van der Waals surface area contributed by atoms with Crippen LogP contribution in [0.4, 0.5) is 0 Å². The highest BCUT2D eigenvalue weighted by atomic mass is 31.2.